The summed E-state index contributed by atoms with van der Waals surface area (Å²) in [6.45, 7) is -0.0410. The van der Waals surface area contributed by atoms with Crippen LogP contribution in [0.5, 0.6) is 0 Å². The molecule has 1 heterocycles. The van der Waals surface area contributed by atoms with Crippen molar-refractivity contribution in [2.24, 2.45) is 7.05 Å². The first-order chi connectivity index (χ1) is 4.66. The van der Waals surface area contributed by atoms with Gasteiger partial charge in [0.1, 0.15) is 21.6 Å². The molecule has 0 fully saturated rings. The molecule has 10 heavy (non-hydrogen) atoms. The van der Waals surface area contributed by atoms with Gasteiger partial charge in [0, 0.05) is 7.05 Å². The van der Waals surface area contributed by atoms with Gasteiger partial charge in [-0.3, -0.25) is 0 Å². The van der Waals surface area contributed by atoms with Gasteiger partial charge in [-0.2, -0.15) is 0 Å². The SMILES string of the molecule is Cn1c(CO)nc(Br)c1Br. The molecule has 0 saturated carbocycles. The third kappa shape index (κ3) is 1.26. The number of hydrogen-bond donors (Lipinski definition) is 1. The molecule has 0 unspecified atom stereocenters. The summed E-state index contributed by atoms with van der Waals surface area (Å²) in [6.07, 6.45) is 0. The van der Waals surface area contributed by atoms with Gasteiger partial charge in [-0.05, 0) is 31.9 Å². The van der Waals surface area contributed by atoms with E-state index in [4.69, 9.17) is 5.11 Å². The summed E-state index contributed by atoms with van der Waals surface area (Å²) < 4.78 is 3.33. The molecule has 1 aromatic rings. The van der Waals surface area contributed by atoms with E-state index in [-0.39, 0.29) is 6.61 Å². The molecule has 0 atom stereocenters. The maximum atomic E-state index is 8.73. The predicted octanol–water partition coefficient (Wildman–Crippen LogP) is 1.44. The van der Waals surface area contributed by atoms with E-state index in [1.54, 1.807) is 4.57 Å². The molecular weight excluding hydrogens is 264 g/mol. The van der Waals surface area contributed by atoms with Crippen molar-refractivity contribution in [3.05, 3.63) is 15.0 Å². The van der Waals surface area contributed by atoms with E-state index in [0.717, 1.165) is 9.21 Å². The summed E-state index contributed by atoms with van der Waals surface area (Å²) in [5.41, 5.74) is 0. The molecule has 56 valence electrons. The van der Waals surface area contributed by atoms with Gasteiger partial charge in [-0.25, -0.2) is 4.98 Å². The van der Waals surface area contributed by atoms with Crippen LogP contribution in [0.2, 0.25) is 0 Å². The highest BCUT2D eigenvalue weighted by Gasteiger charge is 2.07. The Morgan fingerprint density at radius 3 is 2.40 bits per heavy atom. The molecule has 1 rings (SSSR count). The average molecular weight is 270 g/mol. The van der Waals surface area contributed by atoms with Crippen LogP contribution in [0.1, 0.15) is 5.82 Å². The molecule has 0 aliphatic heterocycles. The lowest BCUT2D eigenvalue weighted by atomic mass is 10.6. The van der Waals surface area contributed by atoms with Crippen molar-refractivity contribution in [1.29, 1.82) is 0 Å². The second-order valence-electron chi connectivity index (χ2n) is 1.83. The van der Waals surface area contributed by atoms with Crippen LogP contribution in [0.25, 0.3) is 0 Å². The Hall–Kier alpha value is 0.130. The smallest absolute Gasteiger partial charge is 0.139 e. The summed E-state index contributed by atoms with van der Waals surface area (Å²) in [4.78, 5) is 4.01. The van der Waals surface area contributed by atoms with Crippen molar-refractivity contribution in [3.8, 4) is 0 Å². The van der Waals surface area contributed by atoms with E-state index in [2.05, 4.69) is 36.8 Å². The molecule has 0 amide bonds. The number of aliphatic hydroxyl groups excluding tert-OH is 1. The Morgan fingerprint density at radius 1 is 1.60 bits per heavy atom. The summed E-state index contributed by atoms with van der Waals surface area (Å²) in [5.74, 6) is 0.638. The molecule has 1 aromatic heterocycles. The zero-order valence-electron chi connectivity index (χ0n) is 5.30. The summed E-state index contributed by atoms with van der Waals surface area (Å²) in [6, 6.07) is 0. The second-order valence-corrected chi connectivity index (χ2v) is 3.33. The molecule has 1 N–H and O–H groups in total. The molecule has 0 aliphatic carbocycles. The first-order valence-electron chi connectivity index (χ1n) is 2.64. The predicted molar refractivity (Wildman–Crippen MR) is 44.5 cm³/mol. The highest BCUT2D eigenvalue weighted by molar-refractivity contribution is 9.13. The highest BCUT2D eigenvalue weighted by atomic mass is 79.9. The van der Waals surface area contributed by atoms with Gasteiger partial charge in [-0.15, -0.1) is 0 Å². The quantitative estimate of drug-likeness (QED) is 0.838. The Balaban J connectivity index is 3.17. The zero-order chi connectivity index (χ0) is 7.72. The largest absolute Gasteiger partial charge is 0.388 e. The maximum Gasteiger partial charge on any atom is 0.139 e. The van der Waals surface area contributed by atoms with Crippen LogP contribution in [0, 0.1) is 0 Å². The molecule has 0 radical (unpaired) electrons. The third-order valence-corrected chi connectivity index (χ3v) is 3.21. The van der Waals surface area contributed by atoms with Gasteiger partial charge in [0.15, 0.2) is 0 Å². The standard InChI is InChI=1S/C5H6Br2N2O/c1-9-3(2-10)8-4(6)5(9)7/h10H,2H2,1H3. The molecule has 0 aliphatic rings. The molecule has 0 spiro atoms. The fraction of sp³-hybridized carbons (Fsp3) is 0.400. The lowest BCUT2D eigenvalue weighted by molar-refractivity contribution is 0.267. The summed E-state index contributed by atoms with van der Waals surface area (Å²) in [5, 5.41) is 8.73. The lowest BCUT2D eigenvalue weighted by Gasteiger charge is -1.95. The van der Waals surface area contributed by atoms with E-state index in [0.29, 0.717) is 5.82 Å². The zero-order valence-corrected chi connectivity index (χ0v) is 8.48. The number of aromatic nitrogens is 2. The second kappa shape index (κ2) is 3.02. The van der Waals surface area contributed by atoms with E-state index in [1.165, 1.54) is 0 Å². The van der Waals surface area contributed by atoms with Gasteiger partial charge in [0.05, 0.1) is 0 Å². The number of imidazole rings is 1. The number of halogens is 2. The van der Waals surface area contributed by atoms with Crippen LogP contribution in [0.3, 0.4) is 0 Å². The molecule has 5 heteroatoms. The molecule has 0 bridgehead atoms. The maximum absolute atomic E-state index is 8.73. The van der Waals surface area contributed by atoms with Gasteiger partial charge in [-0.1, -0.05) is 0 Å². The van der Waals surface area contributed by atoms with Crippen molar-refractivity contribution >= 4 is 31.9 Å². The average Bonchev–Trinajstić information content (AvgIpc) is 2.17. The van der Waals surface area contributed by atoms with E-state index in [9.17, 15) is 0 Å². The molecule has 0 saturated heterocycles. The number of hydrogen-bond acceptors (Lipinski definition) is 2. The van der Waals surface area contributed by atoms with Crippen molar-refractivity contribution in [3.63, 3.8) is 0 Å². The minimum atomic E-state index is -0.0410. The molecular formula is C5H6Br2N2O. The van der Waals surface area contributed by atoms with Crippen LogP contribution < -0.4 is 0 Å². The Kier molecular flexibility index (Phi) is 2.49. The van der Waals surface area contributed by atoms with Crippen LogP contribution in [-0.4, -0.2) is 14.7 Å². The van der Waals surface area contributed by atoms with Crippen LogP contribution >= 0.6 is 31.9 Å². The minimum Gasteiger partial charge on any atom is -0.388 e. The van der Waals surface area contributed by atoms with Gasteiger partial charge < -0.3 is 9.67 Å². The Bertz CT molecular complexity index is 246. The highest BCUT2D eigenvalue weighted by Crippen LogP contribution is 2.22. The summed E-state index contributed by atoms with van der Waals surface area (Å²) in [7, 11) is 1.83. The first kappa shape index (κ1) is 8.23. The molecule has 0 aromatic carbocycles. The minimum absolute atomic E-state index is 0.0410. The van der Waals surface area contributed by atoms with Crippen molar-refractivity contribution in [2.45, 2.75) is 6.61 Å². The molecule has 3 nitrogen and oxygen atoms in total. The third-order valence-electron chi connectivity index (χ3n) is 1.22. The van der Waals surface area contributed by atoms with Gasteiger partial charge in [0.2, 0.25) is 0 Å². The van der Waals surface area contributed by atoms with E-state index < -0.39 is 0 Å². The van der Waals surface area contributed by atoms with Crippen LogP contribution in [0.4, 0.5) is 0 Å². The fourth-order valence-corrected chi connectivity index (χ4v) is 1.39. The monoisotopic (exact) mass is 268 g/mol. The van der Waals surface area contributed by atoms with Crippen LogP contribution in [0.15, 0.2) is 9.21 Å². The van der Waals surface area contributed by atoms with Gasteiger partial charge >= 0.3 is 0 Å². The topological polar surface area (TPSA) is 38.0 Å². The number of aliphatic hydroxyl groups is 1. The lowest BCUT2D eigenvalue weighted by Crippen LogP contribution is -1.96. The van der Waals surface area contributed by atoms with E-state index >= 15 is 0 Å². The number of nitrogens with zero attached hydrogens (tertiary/aromatic N) is 2. The van der Waals surface area contributed by atoms with Crippen molar-refractivity contribution in [1.82, 2.24) is 9.55 Å². The fourth-order valence-electron chi connectivity index (χ4n) is 0.628. The normalized spacial score (nSPS) is 10.4. The summed E-state index contributed by atoms with van der Waals surface area (Å²) >= 11 is 6.50. The van der Waals surface area contributed by atoms with Crippen LogP contribution in [-0.2, 0) is 13.7 Å². The first-order valence-corrected chi connectivity index (χ1v) is 4.23. The Labute approximate surface area is 75.3 Å². The number of rotatable bonds is 1. The van der Waals surface area contributed by atoms with Crippen molar-refractivity contribution in [2.75, 3.05) is 0 Å². The van der Waals surface area contributed by atoms with Gasteiger partial charge in [0.25, 0.3) is 0 Å². The van der Waals surface area contributed by atoms with E-state index in [1.807, 2.05) is 7.05 Å². The Morgan fingerprint density at radius 2 is 2.20 bits per heavy atom. The van der Waals surface area contributed by atoms with Crippen molar-refractivity contribution < 1.29 is 5.11 Å².